The number of hydrogen-bond acceptors (Lipinski definition) is 7. The molecule has 0 fully saturated rings. The summed E-state index contributed by atoms with van der Waals surface area (Å²) in [7, 11) is 0. The van der Waals surface area contributed by atoms with Gasteiger partial charge in [-0.15, -0.1) is 0 Å². The van der Waals surface area contributed by atoms with E-state index in [-0.39, 0.29) is 17.9 Å². The van der Waals surface area contributed by atoms with Gasteiger partial charge in [0.15, 0.2) is 5.78 Å². The van der Waals surface area contributed by atoms with Crippen LogP contribution < -0.4 is 0 Å². The zero-order chi connectivity index (χ0) is 22.9. The van der Waals surface area contributed by atoms with E-state index in [9.17, 15) is 19.2 Å². The lowest BCUT2D eigenvalue weighted by Crippen LogP contribution is -2.16. The number of benzene rings is 3. The van der Waals surface area contributed by atoms with Crippen molar-refractivity contribution in [2.75, 3.05) is 0 Å². The fourth-order valence-corrected chi connectivity index (χ4v) is 3.59. The number of rotatable bonds is 9. The lowest BCUT2D eigenvalue weighted by molar-refractivity contribution is -0.141. The number of carbonyl (C=O) groups is 4. The van der Waals surface area contributed by atoms with Gasteiger partial charge in [-0.2, -0.15) is 0 Å². The Morgan fingerprint density at radius 1 is 0.812 bits per heavy atom. The molecule has 3 aromatic carbocycles. The summed E-state index contributed by atoms with van der Waals surface area (Å²) >= 11 is 1.48. The van der Waals surface area contributed by atoms with Gasteiger partial charge in [-0.3, -0.25) is 9.59 Å². The maximum absolute atomic E-state index is 12.5. The Hall–Kier alpha value is -3.84. The first-order valence-electron chi connectivity index (χ1n) is 9.68. The number of carbonyl (C=O) groups excluding carboxylic acids is 4. The van der Waals surface area contributed by atoms with Crippen molar-refractivity contribution in [2.24, 2.45) is 5.16 Å². The van der Waals surface area contributed by atoms with E-state index in [2.05, 4.69) is 9.99 Å². The Bertz CT molecular complexity index is 1150. The van der Waals surface area contributed by atoms with E-state index in [0.717, 1.165) is 16.7 Å². The van der Waals surface area contributed by atoms with Crippen molar-refractivity contribution >= 4 is 41.3 Å². The summed E-state index contributed by atoms with van der Waals surface area (Å²) in [5.41, 5.74) is 1.43. The maximum atomic E-state index is 12.5. The summed E-state index contributed by atoms with van der Waals surface area (Å²) in [6, 6.07) is 23.2. The predicted octanol–water partition coefficient (Wildman–Crippen LogP) is 4.76. The lowest BCUT2D eigenvalue weighted by atomic mass is 10.0. The first kappa shape index (κ1) is 22.8. The molecule has 32 heavy (non-hydrogen) atoms. The minimum atomic E-state index is -0.676. The molecule has 0 aromatic heterocycles. The van der Waals surface area contributed by atoms with Crippen LogP contribution in [0.4, 0.5) is 0 Å². The number of aldehydes is 1. The summed E-state index contributed by atoms with van der Waals surface area (Å²) in [6.45, 7) is 1.16. The molecule has 0 aliphatic heterocycles. The Labute approximate surface area is 189 Å². The predicted molar refractivity (Wildman–Crippen MR) is 121 cm³/mol. The Morgan fingerprint density at radius 3 is 1.88 bits per heavy atom. The van der Waals surface area contributed by atoms with Crippen LogP contribution in [0.1, 0.15) is 39.6 Å². The van der Waals surface area contributed by atoms with Gasteiger partial charge in [0, 0.05) is 33.4 Å². The Kier molecular flexibility index (Phi) is 7.83. The molecule has 160 valence electrons. The van der Waals surface area contributed by atoms with Crippen LogP contribution in [0, 0.1) is 0 Å². The van der Waals surface area contributed by atoms with Crippen LogP contribution in [0.2, 0.25) is 0 Å². The van der Waals surface area contributed by atoms with E-state index in [1.165, 1.54) is 11.8 Å². The third-order valence-electron chi connectivity index (χ3n) is 4.33. The van der Waals surface area contributed by atoms with Gasteiger partial charge in [0.05, 0.1) is 6.42 Å². The fourth-order valence-electron chi connectivity index (χ4n) is 2.78. The smallest absolute Gasteiger partial charge is 0.318 e. The van der Waals surface area contributed by atoms with Crippen LogP contribution in [-0.2, 0) is 14.4 Å². The SMILES string of the molecule is CC(=O)O/N=C(\CC=O)C(=O)c1ccc(Sc2ccc(C(=O)c3ccccc3)cc2)cc1. The van der Waals surface area contributed by atoms with Gasteiger partial charge < -0.3 is 9.63 Å². The third-order valence-corrected chi connectivity index (χ3v) is 5.34. The van der Waals surface area contributed by atoms with Crippen molar-refractivity contribution in [3.63, 3.8) is 0 Å². The average Bonchev–Trinajstić information content (AvgIpc) is 2.82. The quantitative estimate of drug-likeness (QED) is 0.155. The molecule has 3 rings (SSSR count). The molecule has 7 heteroatoms. The number of oxime groups is 1. The molecular weight excluding hydrogens is 426 g/mol. The number of ketones is 2. The largest absolute Gasteiger partial charge is 0.331 e. The average molecular weight is 445 g/mol. The van der Waals surface area contributed by atoms with Crippen molar-refractivity contribution in [3.05, 3.63) is 95.6 Å². The summed E-state index contributed by atoms with van der Waals surface area (Å²) in [5.74, 6) is -1.20. The first-order valence-corrected chi connectivity index (χ1v) is 10.5. The molecule has 0 amide bonds. The molecule has 6 nitrogen and oxygen atoms in total. The molecular formula is C25H19NO5S. The molecule has 3 aromatic rings. The van der Waals surface area contributed by atoms with Gasteiger partial charge in [0.25, 0.3) is 0 Å². The second-order valence-electron chi connectivity index (χ2n) is 6.67. The molecule has 0 aliphatic carbocycles. The first-order chi connectivity index (χ1) is 15.5. The Morgan fingerprint density at radius 2 is 1.34 bits per heavy atom. The number of Topliss-reactive ketones (excluding diaryl/α,β-unsaturated/α-hetero) is 1. The van der Waals surface area contributed by atoms with Crippen molar-refractivity contribution in [2.45, 2.75) is 23.1 Å². The van der Waals surface area contributed by atoms with Gasteiger partial charge in [0.2, 0.25) is 5.78 Å². The summed E-state index contributed by atoms with van der Waals surface area (Å²) < 4.78 is 0. The highest BCUT2D eigenvalue weighted by molar-refractivity contribution is 7.99. The van der Waals surface area contributed by atoms with Crippen LogP contribution in [-0.4, -0.2) is 29.5 Å². The molecule has 0 unspecified atom stereocenters. The molecule has 0 radical (unpaired) electrons. The normalized spacial score (nSPS) is 11.0. The van der Waals surface area contributed by atoms with Crippen LogP contribution in [0.3, 0.4) is 0 Å². The van der Waals surface area contributed by atoms with Crippen molar-refractivity contribution in [1.82, 2.24) is 0 Å². The van der Waals surface area contributed by atoms with E-state index in [0.29, 0.717) is 23.0 Å². The zero-order valence-corrected chi connectivity index (χ0v) is 18.0. The monoisotopic (exact) mass is 445 g/mol. The van der Waals surface area contributed by atoms with Crippen molar-refractivity contribution in [1.29, 1.82) is 0 Å². The molecule has 0 N–H and O–H groups in total. The molecule has 0 bridgehead atoms. The molecule has 0 atom stereocenters. The summed E-state index contributed by atoms with van der Waals surface area (Å²) in [5, 5.41) is 3.48. The van der Waals surface area contributed by atoms with Crippen LogP contribution >= 0.6 is 11.8 Å². The highest BCUT2D eigenvalue weighted by Crippen LogP contribution is 2.28. The standard InChI is InChI=1S/C25H19NO5S/c1-17(28)31-26-23(15-16-27)25(30)20-9-13-22(14-10-20)32-21-11-7-19(8-12-21)24(29)18-5-3-2-4-6-18/h2-14,16H,15H2,1H3/b26-23+. The molecule has 0 heterocycles. The molecule has 0 saturated heterocycles. The number of hydrogen-bond donors (Lipinski definition) is 0. The van der Waals surface area contributed by atoms with Crippen LogP contribution in [0.5, 0.6) is 0 Å². The van der Waals surface area contributed by atoms with Gasteiger partial charge in [-0.25, -0.2) is 4.79 Å². The van der Waals surface area contributed by atoms with E-state index >= 15 is 0 Å². The summed E-state index contributed by atoms with van der Waals surface area (Å²) in [6.07, 6.45) is 0.271. The lowest BCUT2D eigenvalue weighted by Gasteiger charge is -2.06. The number of nitrogens with zero attached hydrogens (tertiary/aromatic N) is 1. The van der Waals surface area contributed by atoms with E-state index in [1.54, 1.807) is 48.5 Å². The van der Waals surface area contributed by atoms with Gasteiger partial charge >= 0.3 is 5.97 Å². The van der Waals surface area contributed by atoms with Gasteiger partial charge in [0.1, 0.15) is 12.0 Å². The van der Waals surface area contributed by atoms with Gasteiger partial charge in [-0.05, 0) is 48.5 Å². The maximum Gasteiger partial charge on any atom is 0.331 e. The molecule has 0 spiro atoms. The van der Waals surface area contributed by atoms with E-state index < -0.39 is 11.8 Å². The van der Waals surface area contributed by atoms with E-state index in [1.807, 2.05) is 30.3 Å². The highest BCUT2D eigenvalue weighted by atomic mass is 32.2. The van der Waals surface area contributed by atoms with Crippen molar-refractivity contribution < 1.29 is 24.0 Å². The molecule has 0 aliphatic rings. The second-order valence-corrected chi connectivity index (χ2v) is 7.81. The van der Waals surface area contributed by atoms with Crippen LogP contribution in [0.25, 0.3) is 0 Å². The summed E-state index contributed by atoms with van der Waals surface area (Å²) in [4.78, 5) is 53.1. The van der Waals surface area contributed by atoms with E-state index in [4.69, 9.17) is 0 Å². The molecule has 0 saturated carbocycles. The second kappa shape index (κ2) is 11.0. The van der Waals surface area contributed by atoms with Crippen molar-refractivity contribution in [3.8, 4) is 0 Å². The minimum absolute atomic E-state index is 0.0356. The zero-order valence-electron chi connectivity index (χ0n) is 17.2. The fraction of sp³-hybridized carbons (Fsp3) is 0.0800. The van der Waals surface area contributed by atoms with Crippen LogP contribution in [0.15, 0.2) is 93.8 Å². The minimum Gasteiger partial charge on any atom is -0.318 e. The van der Waals surface area contributed by atoms with Gasteiger partial charge in [-0.1, -0.05) is 47.2 Å². The third kappa shape index (κ3) is 6.09. The Balaban J connectivity index is 1.68. The highest BCUT2D eigenvalue weighted by Gasteiger charge is 2.15. The topological polar surface area (TPSA) is 89.9 Å².